The Bertz CT molecular complexity index is 419. The molecule has 0 bridgehead atoms. The van der Waals surface area contributed by atoms with Gasteiger partial charge in [-0.05, 0) is 13.0 Å². The quantitative estimate of drug-likeness (QED) is 0.498. The highest BCUT2D eigenvalue weighted by Crippen LogP contribution is 1.96. The van der Waals surface area contributed by atoms with E-state index in [-0.39, 0.29) is 0 Å². The van der Waals surface area contributed by atoms with Gasteiger partial charge in [-0.25, -0.2) is 20.0 Å². The molecule has 54 valence electrons. The lowest BCUT2D eigenvalue weighted by atomic mass is 10.5. The van der Waals surface area contributed by atoms with E-state index in [1.165, 1.54) is 6.34 Å². The standard InChI is InChI=1S/C7H6N4/c1-2-6-8-3-5-7(11-6)10-4-9-5/h2-4H,1H3. The molecule has 0 fully saturated rings. The predicted molar refractivity (Wildman–Crippen MR) is 41.1 cm³/mol. The summed E-state index contributed by atoms with van der Waals surface area (Å²) in [4.78, 5) is 16.0. The van der Waals surface area contributed by atoms with Crippen molar-refractivity contribution in [3.8, 4) is 0 Å². The summed E-state index contributed by atoms with van der Waals surface area (Å²) in [7, 11) is 0. The zero-order valence-electron chi connectivity index (χ0n) is 6.02. The van der Waals surface area contributed by atoms with Crippen molar-refractivity contribution in [2.75, 3.05) is 0 Å². The van der Waals surface area contributed by atoms with E-state index in [0.29, 0.717) is 11.3 Å². The summed E-state index contributed by atoms with van der Waals surface area (Å²) < 4.78 is 0. The Balaban J connectivity index is 2.79. The highest BCUT2D eigenvalue weighted by atomic mass is 15.0. The summed E-state index contributed by atoms with van der Waals surface area (Å²) in [5, 5.41) is 0.746. The monoisotopic (exact) mass is 146 g/mol. The molecule has 1 aromatic heterocycles. The minimum absolute atomic E-state index is 0.660. The van der Waals surface area contributed by atoms with Crippen LogP contribution in [-0.4, -0.2) is 16.3 Å². The third kappa shape index (κ3) is 0.920. The molecule has 0 unspecified atom stereocenters. The van der Waals surface area contributed by atoms with Gasteiger partial charge in [0.1, 0.15) is 17.2 Å². The first kappa shape index (κ1) is 6.15. The molecule has 0 aliphatic carbocycles. The van der Waals surface area contributed by atoms with Gasteiger partial charge in [0.15, 0.2) is 5.82 Å². The molecule has 2 rings (SSSR count). The minimum atomic E-state index is 0.660. The topological polar surface area (TPSA) is 50.5 Å². The van der Waals surface area contributed by atoms with Crippen LogP contribution in [-0.2, 0) is 0 Å². The summed E-state index contributed by atoms with van der Waals surface area (Å²) in [6.07, 6.45) is 4.98. The van der Waals surface area contributed by atoms with Crippen LogP contribution in [0.2, 0.25) is 0 Å². The van der Waals surface area contributed by atoms with Crippen molar-refractivity contribution in [3.05, 3.63) is 17.0 Å². The Kier molecular flexibility index (Phi) is 1.25. The van der Waals surface area contributed by atoms with Crippen LogP contribution < -0.4 is 10.8 Å². The predicted octanol–water partition coefficient (Wildman–Crippen LogP) is -0.430. The molecule has 0 spiro atoms. The molecule has 1 aliphatic heterocycles. The second-order valence-corrected chi connectivity index (χ2v) is 2.10. The Labute approximate surface area is 63.1 Å². The molecule has 4 heteroatoms. The molecule has 0 amide bonds. The van der Waals surface area contributed by atoms with Crippen LogP contribution in [0.25, 0.3) is 6.08 Å². The average Bonchev–Trinajstić information content (AvgIpc) is 2.50. The third-order valence-electron chi connectivity index (χ3n) is 1.40. The first-order chi connectivity index (χ1) is 5.40. The summed E-state index contributed by atoms with van der Waals surface area (Å²) in [6, 6.07) is 0. The van der Waals surface area contributed by atoms with E-state index < -0.39 is 0 Å². The van der Waals surface area contributed by atoms with Crippen molar-refractivity contribution in [2.45, 2.75) is 6.92 Å². The summed E-state index contributed by atoms with van der Waals surface area (Å²) in [5.74, 6) is 0.660. The number of hydrogen-bond acceptors (Lipinski definition) is 4. The zero-order chi connectivity index (χ0) is 7.68. The SMILES string of the molecule is CC=c1ncc2c(n1)N=CN=2. The summed E-state index contributed by atoms with van der Waals surface area (Å²) in [6.45, 7) is 1.89. The molecule has 0 saturated heterocycles. The number of hydrogen-bond donors (Lipinski definition) is 0. The summed E-state index contributed by atoms with van der Waals surface area (Å²) >= 11 is 0. The molecule has 0 saturated carbocycles. The Morgan fingerprint density at radius 1 is 1.45 bits per heavy atom. The number of nitrogens with zero attached hydrogens (tertiary/aromatic N) is 4. The summed E-state index contributed by atoms with van der Waals surface area (Å²) in [5.41, 5.74) is 0.693. The van der Waals surface area contributed by atoms with Crippen LogP contribution in [0.3, 0.4) is 0 Å². The molecule has 0 radical (unpaired) electrons. The Hall–Kier alpha value is -1.58. The lowest BCUT2D eigenvalue weighted by Crippen LogP contribution is -2.16. The van der Waals surface area contributed by atoms with Crippen LogP contribution in [0.5, 0.6) is 0 Å². The fraction of sp³-hybridized carbons (Fsp3) is 0.143. The maximum Gasteiger partial charge on any atom is 0.183 e. The number of aromatic nitrogens is 2. The van der Waals surface area contributed by atoms with Crippen molar-refractivity contribution in [1.29, 1.82) is 0 Å². The number of aliphatic imine (C=N–C) groups is 1. The minimum Gasteiger partial charge on any atom is -0.235 e. The lowest BCUT2D eigenvalue weighted by molar-refractivity contribution is 1.06. The molecule has 4 nitrogen and oxygen atoms in total. The fourth-order valence-corrected chi connectivity index (χ4v) is 0.851. The van der Waals surface area contributed by atoms with Gasteiger partial charge in [-0.1, -0.05) is 0 Å². The van der Waals surface area contributed by atoms with Crippen molar-refractivity contribution < 1.29 is 0 Å². The first-order valence-corrected chi connectivity index (χ1v) is 3.30. The molecule has 2 heterocycles. The lowest BCUT2D eigenvalue weighted by Gasteiger charge is -1.85. The number of fused-ring (bicyclic) bond motifs is 1. The maximum atomic E-state index is 4.11. The van der Waals surface area contributed by atoms with Gasteiger partial charge in [-0.3, -0.25) is 0 Å². The average molecular weight is 146 g/mol. The molecular weight excluding hydrogens is 140 g/mol. The Morgan fingerprint density at radius 2 is 2.36 bits per heavy atom. The molecular formula is C7H6N4. The van der Waals surface area contributed by atoms with Gasteiger partial charge < -0.3 is 0 Å². The zero-order valence-corrected chi connectivity index (χ0v) is 6.02. The van der Waals surface area contributed by atoms with Gasteiger partial charge in [-0.15, -0.1) is 0 Å². The molecule has 1 aromatic rings. The van der Waals surface area contributed by atoms with Crippen molar-refractivity contribution in [3.63, 3.8) is 0 Å². The highest BCUT2D eigenvalue weighted by Gasteiger charge is 1.98. The van der Waals surface area contributed by atoms with Crippen molar-refractivity contribution in [2.24, 2.45) is 9.98 Å². The molecule has 0 aromatic carbocycles. The van der Waals surface area contributed by atoms with E-state index in [0.717, 1.165) is 5.36 Å². The van der Waals surface area contributed by atoms with Crippen molar-refractivity contribution >= 4 is 18.2 Å². The van der Waals surface area contributed by atoms with Gasteiger partial charge in [0, 0.05) is 0 Å². The van der Waals surface area contributed by atoms with Gasteiger partial charge in [-0.2, -0.15) is 0 Å². The highest BCUT2D eigenvalue weighted by molar-refractivity contribution is 5.64. The normalized spacial score (nSPS) is 14.8. The van der Waals surface area contributed by atoms with Crippen LogP contribution in [0.4, 0.5) is 5.82 Å². The first-order valence-electron chi connectivity index (χ1n) is 3.30. The largest absolute Gasteiger partial charge is 0.235 e. The van der Waals surface area contributed by atoms with Crippen LogP contribution in [0, 0.1) is 0 Å². The van der Waals surface area contributed by atoms with E-state index >= 15 is 0 Å². The molecule has 0 N–H and O–H groups in total. The second kappa shape index (κ2) is 2.23. The smallest absolute Gasteiger partial charge is 0.183 e. The van der Waals surface area contributed by atoms with E-state index in [1.807, 2.05) is 13.0 Å². The van der Waals surface area contributed by atoms with E-state index in [9.17, 15) is 0 Å². The fourth-order valence-electron chi connectivity index (χ4n) is 0.851. The maximum absolute atomic E-state index is 4.11. The van der Waals surface area contributed by atoms with E-state index in [1.54, 1.807) is 6.20 Å². The van der Waals surface area contributed by atoms with Gasteiger partial charge in [0.25, 0.3) is 0 Å². The molecule has 1 aliphatic rings. The number of rotatable bonds is 0. The van der Waals surface area contributed by atoms with E-state index in [2.05, 4.69) is 20.0 Å². The van der Waals surface area contributed by atoms with Gasteiger partial charge in [0.05, 0.1) is 6.20 Å². The molecule has 11 heavy (non-hydrogen) atoms. The van der Waals surface area contributed by atoms with E-state index in [4.69, 9.17) is 0 Å². The van der Waals surface area contributed by atoms with Gasteiger partial charge in [0.2, 0.25) is 0 Å². The second-order valence-electron chi connectivity index (χ2n) is 2.10. The van der Waals surface area contributed by atoms with Crippen LogP contribution in [0.15, 0.2) is 16.2 Å². The van der Waals surface area contributed by atoms with Crippen molar-refractivity contribution in [1.82, 2.24) is 9.97 Å². The molecule has 0 atom stereocenters. The van der Waals surface area contributed by atoms with Crippen LogP contribution in [0.1, 0.15) is 6.92 Å². The Morgan fingerprint density at radius 3 is 3.18 bits per heavy atom. The third-order valence-corrected chi connectivity index (χ3v) is 1.40. The van der Waals surface area contributed by atoms with Gasteiger partial charge >= 0.3 is 0 Å². The van der Waals surface area contributed by atoms with Crippen LogP contribution >= 0.6 is 0 Å².